The van der Waals surface area contributed by atoms with Crippen LogP contribution >= 0.6 is 0 Å². The van der Waals surface area contributed by atoms with Crippen molar-refractivity contribution in [2.75, 3.05) is 27.2 Å². The van der Waals surface area contributed by atoms with Crippen LogP contribution in [0.3, 0.4) is 0 Å². The molecule has 1 aliphatic rings. The van der Waals surface area contributed by atoms with Crippen LogP contribution in [-0.4, -0.2) is 59.2 Å². The highest BCUT2D eigenvalue weighted by molar-refractivity contribution is 5.73. The Morgan fingerprint density at radius 3 is 2.68 bits per heavy atom. The summed E-state index contributed by atoms with van der Waals surface area (Å²) in [6.45, 7) is 3.97. The second-order valence-corrected chi connectivity index (χ2v) is 5.05. The van der Waals surface area contributed by atoms with Gasteiger partial charge in [0.1, 0.15) is 0 Å². The summed E-state index contributed by atoms with van der Waals surface area (Å²) in [4.78, 5) is 19.4. The lowest BCUT2D eigenvalue weighted by Crippen LogP contribution is -2.47. The van der Waals surface area contributed by atoms with Crippen LogP contribution in [0.25, 0.3) is 0 Å². The molecular weight excluding hydrogens is 246 g/mol. The van der Waals surface area contributed by atoms with Gasteiger partial charge in [0.05, 0.1) is 6.54 Å². The van der Waals surface area contributed by atoms with Crippen molar-refractivity contribution in [1.29, 1.82) is 0 Å². The molecule has 0 aromatic carbocycles. The monoisotopic (exact) mass is 267 g/mol. The number of urea groups is 1. The Morgan fingerprint density at radius 2 is 2.16 bits per heavy atom. The molecule has 7 heteroatoms. The highest BCUT2D eigenvalue weighted by atomic mass is 16.5. The number of amides is 2. The van der Waals surface area contributed by atoms with Crippen LogP contribution in [0.2, 0.25) is 0 Å². The molecule has 1 aliphatic heterocycles. The number of nitrogens with one attached hydrogen (secondary N) is 1. The van der Waals surface area contributed by atoms with Crippen LogP contribution in [0, 0.1) is 6.92 Å². The number of carbonyl (C=O) groups is 1. The van der Waals surface area contributed by atoms with Crippen molar-refractivity contribution < 1.29 is 9.32 Å². The van der Waals surface area contributed by atoms with E-state index in [4.69, 9.17) is 4.52 Å². The minimum absolute atomic E-state index is 0.0889. The van der Waals surface area contributed by atoms with Gasteiger partial charge in [0.25, 0.3) is 0 Å². The molecule has 1 aromatic heterocycles. The summed E-state index contributed by atoms with van der Waals surface area (Å²) >= 11 is 0. The summed E-state index contributed by atoms with van der Waals surface area (Å²) < 4.78 is 5.05. The van der Waals surface area contributed by atoms with Crippen molar-refractivity contribution in [1.82, 2.24) is 25.3 Å². The van der Waals surface area contributed by atoms with E-state index in [1.807, 2.05) is 4.90 Å². The smallest absolute Gasteiger partial charge is 0.319 e. The third kappa shape index (κ3) is 3.66. The molecule has 0 unspecified atom stereocenters. The van der Waals surface area contributed by atoms with Gasteiger partial charge >= 0.3 is 6.03 Å². The molecule has 0 saturated carbocycles. The maximum atomic E-state index is 11.8. The molecule has 1 saturated heterocycles. The summed E-state index contributed by atoms with van der Waals surface area (Å²) in [7, 11) is 3.56. The van der Waals surface area contributed by atoms with Crippen LogP contribution < -0.4 is 5.32 Å². The van der Waals surface area contributed by atoms with Crippen LogP contribution in [0.1, 0.15) is 24.6 Å². The Morgan fingerprint density at radius 1 is 1.47 bits per heavy atom. The van der Waals surface area contributed by atoms with Gasteiger partial charge in [-0.15, -0.1) is 0 Å². The van der Waals surface area contributed by atoms with E-state index in [1.54, 1.807) is 25.9 Å². The number of likely N-dealkylation sites (tertiary alicyclic amines) is 1. The van der Waals surface area contributed by atoms with E-state index in [9.17, 15) is 4.79 Å². The molecule has 0 radical (unpaired) electrons. The van der Waals surface area contributed by atoms with E-state index in [0.29, 0.717) is 24.3 Å². The quantitative estimate of drug-likeness (QED) is 0.868. The highest BCUT2D eigenvalue weighted by Gasteiger charge is 2.23. The number of hydrogen-bond donors (Lipinski definition) is 1. The number of carbonyl (C=O) groups excluding carboxylic acids is 1. The molecule has 0 atom stereocenters. The first-order chi connectivity index (χ1) is 9.06. The predicted octanol–water partition coefficient (Wildman–Crippen LogP) is 0.614. The fraction of sp³-hybridized carbons (Fsp3) is 0.750. The predicted molar refractivity (Wildman–Crippen MR) is 69.6 cm³/mol. The van der Waals surface area contributed by atoms with Gasteiger partial charge in [-0.3, -0.25) is 0 Å². The van der Waals surface area contributed by atoms with Gasteiger partial charge in [-0.25, -0.2) is 4.79 Å². The van der Waals surface area contributed by atoms with Gasteiger partial charge in [-0.05, 0) is 19.8 Å². The van der Waals surface area contributed by atoms with Gasteiger partial charge in [-0.2, -0.15) is 4.98 Å². The van der Waals surface area contributed by atoms with Crippen LogP contribution in [0.5, 0.6) is 0 Å². The van der Waals surface area contributed by atoms with Crippen molar-refractivity contribution in [3.05, 3.63) is 11.7 Å². The lowest BCUT2D eigenvalue weighted by atomic mass is 10.1. The van der Waals surface area contributed by atoms with Crippen molar-refractivity contribution >= 4 is 6.03 Å². The maximum absolute atomic E-state index is 11.8. The molecule has 1 aromatic rings. The normalized spacial score (nSPS) is 16.7. The number of aryl methyl sites for hydroxylation is 1. The van der Waals surface area contributed by atoms with E-state index in [2.05, 4.69) is 15.5 Å². The van der Waals surface area contributed by atoms with Crippen molar-refractivity contribution in [2.45, 2.75) is 32.4 Å². The van der Waals surface area contributed by atoms with Gasteiger partial charge in [0.15, 0.2) is 5.82 Å². The van der Waals surface area contributed by atoms with E-state index in [-0.39, 0.29) is 6.03 Å². The first-order valence-electron chi connectivity index (χ1n) is 6.55. The average molecular weight is 267 g/mol. The second kappa shape index (κ2) is 6.01. The minimum atomic E-state index is 0.0889. The Labute approximate surface area is 112 Å². The number of hydrogen-bond acceptors (Lipinski definition) is 5. The van der Waals surface area contributed by atoms with E-state index >= 15 is 0 Å². The fourth-order valence-electron chi connectivity index (χ4n) is 2.20. The van der Waals surface area contributed by atoms with Gasteiger partial charge in [0.2, 0.25) is 5.89 Å². The Balaban J connectivity index is 1.73. The van der Waals surface area contributed by atoms with Crippen molar-refractivity contribution in [3.8, 4) is 0 Å². The van der Waals surface area contributed by atoms with Gasteiger partial charge < -0.3 is 19.6 Å². The first kappa shape index (κ1) is 13.8. The van der Waals surface area contributed by atoms with Crippen molar-refractivity contribution in [3.63, 3.8) is 0 Å². The van der Waals surface area contributed by atoms with Crippen LogP contribution in [0.4, 0.5) is 4.79 Å². The molecule has 1 fully saturated rings. The molecule has 2 heterocycles. The molecule has 0 spiro atoms. The third-order valence-electron chi connectivity index (χ3n) is 3.26. The summed E-state index contributed by atoms with van der Waals surface area (Å²) in [6.07, 6.45) is 1.90. The standard InChI is InChI=1S/C12H21N5O2/c1-9-14-11(19-15-9)8-13-10-4-6-17(7-5-10)12(18)16(2)3/h10,13H,4-8H2,1-3H3. The molecule has 0 bridgehead atoms. The second-order valence-electron chi connectivity index (χ2n) is 5.05. The van der Waals surface area contributed by atoms with Gasteiger partial charge in [-0.1, -0.05) is 5.16 Å². The lowest BCUT2D eigenvalue weighted by molar-refractivity contribution is 0.151. The molecular formula is C12H21N5O2. The third-order valence-corrected chi connectivity index (χ3v) is 3.26. The average Bonchev–Trinajstić information content (AvgIpc) is 2.82. The minimum Gasteiger partial charge on any atom is -0.338 e. The van der Waals surface area contributed by atoms with Crippen LogP contribution in [-0.2, 0) is 6.54 Å². The van der Waals surface area contributed by atoms with E-state index in [1.165, 1.54) is 0 Å². The number of piperidine rings is 1. The summed E-state index contributed by atoms with van der Waals surface area (Å²) in [6, 6.07) is 0.490. The molecule has 19 heavy (non-hydrogen) atoms. The molecule has 1 N–H and O–H groups in total. The Hall–Kier alpha value is -1.63. The molecule has 7 nitrogen and oxygen atoms in total. The topological polar surface area (TPSA) is 74.5 Å². The number of aromatic nitrogens is 2. The van der Waals surface area contributed by atoms with E-state index < -0.39 is 0 Å². The zero-order valence-electron chi connectivity index (χ0n) is 11.7. The maximum Gasteiger partial charge on any atom is 0.319 e. The molecule has 0 aliphatic carbocycles. The molecule has 2 rings (SSSR count). The summed E-state index contributed by atoms with van der Waals surface area (Å²) in [5, 5.41) is 7.14. The highest BCUT2D eigenvalue weighted by Crippen LogP contribution is 2.12. The van der Waals surface area contributed by atoms with Crippen molar-refractivity contribution in [2.24, 2.45) is 0 Å². The molecule has 2 amide bonds. The fourth-order valence-corrected chi connectivity index (χ4v) is 2.20. The lowest BCUT2D eigenvalue weighted by Gasteiger charge is -2.33. The molecule has 106 valence electrons. The largest absolute Gasteiger partial charge is 0.338 e. The number of nitrogens with zero attached hydrogens (tertiary/aromatic N) is 4. The zero-order valence-corrected chi connectivity index (χ0v) is 11.7. The SMILES string of the molecule is Cc1noc(CNC2CCN(C(=O)N(C)C)CC2)n1. The Bertz CT molecular complexity index is 424. The van der Waals surface area contributed by atoms with E-state index in [0.717, 1.165) is 25.9 Å². The summed E-state index contributed by atoms with van der Waals surface area (Å²) in [5.41, 5.74) is 0. The number of rotatable bonds is 3. The van der Waals surface area contributed by atoms with Crippen LogP contribution in [0.15, 0.2) is 4.52 Å². The Kier molecular flexibility index (Phi) is 4.36. The zero-order chi connectivity index (χ0) is 13.8. The summed E-state index contributed by atoms with van der Waals surface area (Å²) in [5.74, 6) is 1.27. The first-order valence-corrected chi connectivity index (χ1v) is 6.55. The van der Waals surface area contributed by atoms with Gasteiger partial charge in [0, 0.05) is 33.2 Å².